The van der Waals surface area contributed by atoms with Gasteiger partial charge in [0.05, 0.1) is 12.7 Å². The Hall–Kier alpha value is -3.28. The Balaban J connectivity index is 1.66. The van der Waals surface area contributed by atoms with Crippen LogP contribution in [0.5, 0.6) is 0 Å². The first-order valence-corrected chi connectivity index (χ1v) is 10.3. The number of methoxy groups -OCH3 is 1. The lowest BCUT2D eigenvalue weighted by atomic mass is 9.82. The number of anilines is 1. The van der Waals surface area contributed by atoms with Crippen LogP contribution < -0.4 is 11.1 Å². The third-order valence-electron chi connectivity index (χ3n) is 6.08. The average molecular weight is 405 g/mol. The lowest BCUT2D eigenvalue weighted by Crippen LogP contribution is -2.18. The van der Waals surface area contributed by atoms with Gasteiger partial charge < -0.3 is 18.9 Å². The molecule has 0 saturated heterocycles. The maximum Gasteiger partial charge on any atom is 0.519 e. The number of rotatable bonds is 1. The fourth-order valence-electron chi connectivity index (χ4n) is 4.74. The molecule has 2 aliphatic carbocycles. The lowest BCUT2D eigenvalue weighted by Gasteiger charge is -2.26. The van der Waals surface area contributed by atoms with E-state index < -0.39 is 5.82 Å². The van der Waals surface area contributed by atoms with Crippen LogP contribution in [0.15, 0.2) is 54.8 Å². The molecule has 2 heterocycles. The molecule has 6 heteroatoms. The van der Waals surface area contributed by atoms with E-state index in [-0.39, 0.29) is 11.7 Å². The van der Waals surface area contributed by atoms with E-state index in [1.165, 1.54) is 0 Å². The lowest BCUT2D eigenvalue weighted by molar-refractivity contribution is -0.115. The minimum absolute atomic E-state index is 0.0827. The molecule has 0 saturated carbocycles. The fraction of sp³-hybridized carbons (Fsp3) is 0.333. The average Bonchev–Trinajstić information content (AvgIpc) is 3.12. The Kier molecular flexibility index (Phi) is 4.50. The molecule has 6 nitrogen and oxygen atoms in total. The third kappa shape index (κ3) is 2.95. The summed E-state index contributed by atoms with van der Waals surface area (Å²) in [6.07, 6.45) is 8.73. The van der Waals surface area contributed by atoms with Crippen molar-refractivity contribution in [3.63, 3.8) is 0 Å². The maximum atomic E-state index is 13.0. The number of carbonyl (C=O) groups excluding carboxylic acids is 1. The van der Waals surface area contributed by atoms with Crippen LogP contribution in [0.4, 0.5) is 5.69 Å². The second-order valence-corrected chi connectivity index (χ2v) is 7.95. The molecule has 1 N–H and O–H groups in total. The van der Waals surface area contributed by atoms with Gasteiger partial charge in [-0.2, -0.15) is 0 Å². The van der Waals surface area contributed by atoms with E-state index in [1.807, 2.05) is 24.3 Å². The van der Waals surface area contributed by atoms with Gasteiger partial charge in [-0.1, -0.05) is 31.2 Å². The highest BCUT2D eigenvalue weighted by Crippen LogP contribution is 2.45. The molecule has 1 unspecified atom stereocenters. The monoisotopic (exact) mass is 405 g/mol. The number of nitrogens with one attached hydrogen (secondary N) is 1. The number of carbonyl (C=O) groups is 1. The number of hydrogen-bond donors (Lipinski definition) is 1. The largest absolute Gasteiger partial charge is 0.519 e. The number of allylic oxidation sites excluding steroid dienone is 4. The van der Waals surface area contributed by atoms with Crippen LogP contribution in [0.1, 0.15) is 49.0 Å². The molecule has 1 aromatic carbocycles. The van der Waals surface area contributed by atoms with Crippen molar-refractivity contribution in [3.05, 3.63) is 68.7 Å². The molecule has 5 rings (SSSR count). The minimum Gasteiger partial charge on any atom is -0.496 e. The number of ether oxygens (including phenoxy) is 1. The van der Waals surface area contributed by atoms with Crippen LogP contribution in [0.3, 0.4) is 0 Å². The summed E-state index contributed by atoms with van der Waals surface area (Å²) >= 11 is 0. The van der Waals surface area contributed by atoms with Gasteiger partial charge in [-0.15, -0.1) is 0 Å². The van der Waals surface area contributed by atoms with Crippen molar-refractivity contribution in [2.24, 2.45) is 0 Å². The van der Waals surface area contributed by atoms with Crippen molar-refractivity contribution in [2.75, 3.05) is 19.0 Å². The fourth-order valence-corrected chi connectivity index (χ4v) is 4.74. The number of hydrogen-bond acceptors (Lipinski definition) is 6. The van der Waals surface area contributed by atoms with Gasteiger partial charge in [-0.25, -0.2) is 4.79 Å². The number of fused-ring (bicyclic) bond motifs is 5. The minimum atomic E-state index is -0.669. The highest BCUT2D eigenvalue weighted by Gasteiger charge is 2.31. The van der Waals surface area contributed by atoms with E-state index in [0.717, 1.165) is 40.8 Å². The Bertz CT molecular complexity index is 1190. The summed E-state index contributed by atoms with van der Waals surface area (Å²) in [4.78, 5) is 24.6. The summed E-state index contributed by atoms with van der Waals surface area (Å²) in [5.41, 5.74) is 5.71. The van der Waals surface area contributed by atoms with Crippen LogP contribution in [0, 0.1) is 0 Å². The van der Waals surface area contributed by atoms with Gasteiger partial charge >= 0.3 is 5.82 Å². The van der Waals surface area contributed by atoms with Crippen molar-refractivity contribution < 1.29 is 18.4 Å². The summed E-state index contributed by atoms with van der Waals surface area (Å²) < 4.78 is 16.0. The molecule has 1 aromatic heterocycles. The van der Waals surface area contributed by atoms with Gasteiger partial charge in [-0.3, -0.25) is 4.79 Å². The van der Waals surface area contributed by atoms with Gasteiger partial charge in [-0.05, 0) is 41.5 Å². The zero-order chi connectivity index (χ0) is 20.8. The summed E-state index contributed by atoms with van der Waals surface area (Å²) in [5, 5.41) is 3.48. The SMILES string of the molecule is COC1=CCCC2=C1C(=O)CCNc1c(ccc3c1C(C)Cc1oc(=O)oc1-3)C=C2. The number of ketones is 1. The zero-order valence-electron chi connectivity index (χ0n) is 17.0. The highest BCUT2D eigenvalue weighted by molar-refractivity contribution is 6.01. The van der Waals surface area contributed by atoms with E-state index >= 15 is 0 Å². The quantitative estimate of drug-likeness (QED) is 0.748. The van der Waals surface area contributed by atoms with Crippen LogP contribution in [-0.4, -0.2) is 19.4 Å². The van der Waals surface area contributed by atoms with E-state index in [0.29, 0.717) is 42.2 Å². The van der Waals surface area contributed by atoms with Crippen molar-refractivity contribution >= 4 is 17.5 Å². The molecule has 0 spiro atoms. The Morgan fingerprint density at radius 1 is 1.13 bits per heavy atom. The summed E-state index contributed by atoms with van der Waals surface area (Å²) in [7, 11) is 1.61. The molecule has 2 aromatic rings. The Labute approximate surface area is 173 Å². The zero-order valence-corrected chi connectivity index (χ0v) is 17.0. The van der Waals surface area contributed by atoms with Crippen LogP contribution in [-0.2, 0) is 16.0 Å². The van der Waals surface area contributed by atoms with Crippen molar-refractivity contribution in [1.82, 2.24) is 0 Å². The first-order valence-electron chi connectivity index (χ1n) is 10.3. The molecule has 0 fully saturated rings. The molecule has 0 radical (unpaired) electrons. The summed E-state index contributed by atoms with van der Waals surface area (Å²) in [6.45, 7) is 2.63. The molecular weight excluding hydrogens is 382 g/mol. The predicted molar refractivity (Wildman–Crippen MR) is 113 cm³/mol. The van der Waals surface area contributed by atoms with E-state index in [9.17, 15) is 9.59 Å². The smallest absolute Gasteiger partial charge is 0.496 e. The van der Waals surface area contributed by atoms with E-state index in [2.05, 4.69) is 18.3 Å². The first-order chi connectivity index (χ1) is 14.6. The molecule has 0 amide bonds. The molecule has 1 aliphatic heterocycles. The van der Waals surface area contributed by atoms with Gasteiger partial charge in [0.1, 0.15) is 5.76 Å². The van der Waals surface area contributed by atoms with Crippen LogP contribution in [0.2, 0.25) is 0 Å². The van der Waals surface area contributed by atoms with Gasteiger partial charge in [0, 0.05) is 30.6 Å². The molecule has 1 atom stereocenters. The van der Waals surface area contributed by atoms with Crippen LogP contribution >= 0.6 is 0 Å². The maximum absolute atomic E-state index is 13.0. The standard InChI is InChI=1S/C24H23NO5/c1-13-12-19-23(30-24(27)29-19)16-9-8-15-7-6-14-4-3-5-18(28-2)21(14)17(26)10-11-25-22(15)20(13)16/h5-9,13,25H,3-4,10-12H2,1-2H3. The topological polar surface area (TPSA) is 81.7 Å². The van der Waals surface area contributed by atoms with Gasteiger partial charge in [0.2, 0.25) is 0 Å². The molecule has 0 bridgehead atoms. The second-order valence-electron chi connectivity index (χ2n) is 7.95. The highest BCUT2D eigenvalue weighted by atomic mass is 16.6. The third-order valence-corrected chi connectivity index (χ3v) is 6.08. The Morgan fingerprint density at radius 2 is 2.00 bits per heavy atom. The van der Waals surface area contributed by atoms with Crippen molar-refractivity contribution in [3.8, 4) is 11.3 Å². The number of Topliss-reactive ketones (excluding diaryl/α,β-unsaturated/α-hetero) is 1. The normalized spacial score (nSPS) is 20.4. The molecular formula is C24H23NO5. The van der Waals surface area contributed by atoms with E-state index in [1.54, 1.807) is 7.11 Å². The predicted octanol–water partition coefficient (Wildman–Crippen LogP) is 4.58. The summed E-state index contributed by atoms with van der Waals surface area (Å²) in [5.74, 6) is 1.35. The molecule has 30 heavy (non-hydrogen) atoms. The Morgan fingerprint density at radius 3 is 2.83 bits per heavy atom. The van der Waals surface area contributed by atoms with Gasteiger partial charge in [0.25, 0.3) is 0 Å². The van der Waals surface area contributed by atoms with E-state index in [4.69, 9.17) is 13.6 Å². The molecule has 154 valence electrons. The van der Waals surface area contributed by atoms with Crippen LogP contribution in [0.25, 0.3) is 17.4 Å². The second kappa shape index (κ2) is 7.20. The first kappa shape index (κ1) is 18.7. The van der Waals surface area contributed by atoms with Crippen molar-refractivity contribution in [2.45, 2.75) is 38.5 Å². The summed E-state index contributed by atoms with van der Waals surface area (Å²) in [6, 6.07) is 4.01. The van der Waals surface area contributed by atoms with Gasteiger partial charge in [0.15, 0.2) is 17.3 Å². The number of benzene rings is 1. The van der Waals surface area contributed by atoms with Crippen molar-refractivity contribution in [1.29, 1.82) is 0 Å². The molecule has 3 aliphatic rings.